The van der Waals surface area contributed by atoms with Crippen molar-refractivity contribution in [1.29, 1.82) is 0 Å². The Morgan fingerprint density at radius 2 is 2.04 bits per heavy atom. The average Bonchev–Trinajstić information content (AvgIpc) is 3.10. The van der Waals surface area contributed by atoms with E-state index in [9.17, 15) is 9.59 Å². The predicted molar refractivity (Wildman–Crippen MR) is 99.7 cm³/mol. The molecule has 3 rings (SSSR count). The molecule has 27 heavy (non-hydrogen) atoms. The first-order chi connectivity index (χ1) is 13.1. The zero-order chi connectivity index (χ0) is 19.2. The van der Waals surface area contributed by atoms with Gasteiger partial charge in [-0.3, -0.25) is 14.5 Å². The number of aromatic nitrogens is 2. The highest BCUT2D eigenvalue weighted by Gasteiger charge is 2.26. The summed E-state index contributed by atoms with van der Waals surface area (Å²) in [5.41, 5.74) is 0.0325. The second-order valence-corrected chi connectivity index (χ2v) is 6.60. The van der Waals surface area contributed by atoms with E-state index in [0.717, 1.165) is 31.0 Å². The van der Waals surface area contributed by atoms with Gasteiger partial charge in [0.15, 0.2) is 0 Å². The Hall–Kier alpha value is -2.45. The molecule has 8 nitrogen and oxygen atoms in total. The lowest BCUT2D eigenvalue weighted by Gasteiger charge is -2.33. The van der Waals surface area contributed by atoms with Crippen LogP contribution in [0.3, 0.4) is 0 Å². The predicted octanol–water partition coefficient (Wildman–Crippen LogP) is 1.36. The lowest BCUT2D eigenvalue weighted by molar-refractivity contribution is 0.0116. The molecule has 0 bridgehead atoms. The van der Waals surface area contributed by atoms with Crippen LogP contribution in [0.2, 0.25) is 0 Å². The molecule has 3 heterocycles. The van der Waals surface area contributed by atoms with Gasteiger partial charge in [0.25, 0.3) is 11.5 Å². The number of furan rings is 1. The molecule has 2 aromatic rings. The highest BCUT2D eigenvalue weighted by molar-refractivity contribution is 5.92. The van der Waals surface area contributed by atoms with Crippen molar-refractivity contribution in [2.24, 2.45) is 0 Å². The maximum Gasteiger partial charge on any atom is 0.271 e. The quantitative estimate of drug-likeness (QED) is 0.787. The summed E-state index contributed by atoms with van der Waals surface area (Å²) in [7, 11) is 0. The molecule has 1 unspecified atom stereocenters. The summed E-state index contributed by atoms with van der Waals surface area (Å²) in [4.78, 5) is 26.6. The minimum absolute atomic E-state index is 0.0758. The van der Waals surface area contributed by atoms with Gasteiger partial charge in [-0.05, 0) is 31.5 Å². The zero-order valence-corrected chi connectivity index (χ0v) is 15.8. The summed E-state index contributed by atoms with van der Waals surface area (Å²) in [6, 6.07) is 6.64. The summed E-state index contributed by atoms with van der Waals surface area (Å²) >= 11 is 0. The number of rotatable bonds is 7. The SMILES string of the molecule is CCCn1nc(C(=O)NCC(c2ccc(C)o2)N2CCOCC2)ccc1=O. The van der Waals surface area contributed by atoms with Crippen molar-refractivity contribution in [3.63, 3.8) is 0 Å². The Bertz CT molecular complexity index is 823. The highest BCUT2D eigenvalue weighted by Crippen LogP contribution is 2.23. The van der Waals surface area contributed by atoms with E-state index >= 15 is 0 Å². The molecule has 1 amide bonds. The van der Waals surface area contributed by atoms with E-state index in [0.29, 0.717) is 26.3 Å². The number of amides is 1. The van der Waals surface area contributed by atoms with Crippen LogP contribution in [0.1, 0.15) is 41.4 Å². The molecule has 146 valence electrons. The van der Waals surface area contributed by atoms with Gasteiger partial charge in [0.05, 0.1) is 19.3 Å². The second-order valence-electron chi connectivity index (χ2n) is 6.60. The van der Waals surface area contributed by atoms with Crippen LogP contribution in [-0.2, 0) is 11.3 Å². The molecule has 0 radical (unpaired) electrons. The fraction of sp³-hybridized carbons (Fsp3) is 0.526. The second kappa shape index (κ2) is 8.96. The fourth-order valence-corrected chi connectivity index (χ4v) is 3.15. The van der Waals surface area contributed by atoms with Crippen molar-refractivity contribution in [1.82, 2.24) is 20.0 Å². The highest BCUT2D eigenvalue weighted by atomic mass is 16.5. The molecule has 1 saturated heterocycles. The van der Waals surface area contributed by atoms with Gasteiger partial charge >= 0.3 is 0 Å². The number of carbonyl (C=O) groups excluding carboxylic acids is 1. The van der Waals surface area contributed by atoms with E-state index in [-0.39, 0.29) is 23.2 Å². The van der Waals surface area contributed by atoms with E-state index in [4.69, 9.17) is 9.15 Å². The molecule has 1 aliphatic rings. The first-order valence-electron chi connectivity index (χ1n) is 9.33. The van der Waals surface area contributed by atoms with Gasteiger partial charge in [-0.25, -0.2) is 4.68 Å². The molecule has 1 N–H and O–H groups in total. The van der Waals surface area contributed by atoms with Crippen LogP contribution in [0, 0.1) is 6.92 Å². The first kappa shape index (κ1) is 19.3. The van der Waals surface area contributed by atoms with Gasteiger partial charge in [0, 0.05) is 32.2 Å². The molecule has 1 fully saturated rings. The number of hydrogen-bond donors (Lipinski definition) is 1. The van der Waals surface area contributed by atoms with Crippen molar-refractivity contribution < 1.29 is 13.9 Å². The molecular weight excluding hydrogens is 348 g/mol. The Kier molecular flexibility index (Phi) is 6.41. The van der Waals surface area contributed by atoms with Crippen LogP contribution in [0.5, 0.6) is 0 Å². The van der Waals surface area contributed by atoms with Gasteiger partial charge in [0.1, 0.15) is 17.2 Å². The van der Waals surface area contributed by atoms with Crippen molar-refractivity contribution in [3.05, 3.63) is 51.8 Å². The Balaban J connectivity index is 1.72. The molecule has 1 atom stereocenters. The molecule has 1 aliphatic heterocycles. The number of ether oxygens (including phenoxy) is 1. The Morgan fingerprint density at radius 3 is 2.70 bits per heavy atom. The normalized spacial score (nSPS) is 16.2. The van der Waals surface area contributed by atoms with Gasteiger partial charge in [-0.1, -0.05) is 6.92 Å². The van der Waals surface area contributed by atoms with E-state index in [2.05, 4.69) is 15.3 Å². The van der Waals surface area contributed by atoms with Gasteiger partial charge in [-0.15, -0.1) is 0 Å². The van der Waals surface area contributed by atoms with E-state index in [1.165, 1.54) is 16.8 Å². The third kappa shape index (κ3) is 4.84. The summed E-state index contributed by atoms with van der Waals surface area (Å²) in [6.45, 7) is 7.61. The number of morpholine rings is 1. The van der Waals surface area contributed by atoms with E-state index in [1.54, 1.807) is 0 Å². The molecule has 0 aromatic carbocycles. The molecular formula is C19H26N4O4. The van der Waals surface area contributed by atoms with Gasteiger partial charge in [0.2, 0.25) is 0 Å². The standard InChI is InChI=1S/C19H26N4O4/c1-3-8-23-18(24)7-5-15(21-23)19(25)20-13-16(17-6-4-14(2)27-17)22-9-11-26-12-10-22/h4-7,16H,3,8-13H2,1-2H3,(H,20,25). The molecule has 0 aliphatic carbocycles. The lowest BCUT2D eigenvalue weighted by Crippen LogP contribution is -2.44. The minimum atomic E-state index is -0.304. The zero-order valence-electron chi connectivity index (χ0n) is 15.8. The Labute approximate surface area is 158 Å². The maximum absolute atomic E-state index is 12.6. The molecule has 2 aromatic heterocycles. The van der Waals surface area contributed by atoms with Gasteiger partial charge in [-0.2, -0.15) is 5.10 Å². The number of nitrogens with zero attached hydrogens (tertiary/aromatic N) is 3. The smallest absolute Gasteiger partial charge is 0.271 e. The number of nitrogens with one attached hydrogen (secondary N) is 1. The van der Waals surface area contributed by atoms with Crippen LogP contribution in [0.15, 0.2) is 33.5 Å². The lowest BCUT2D eigenvalue weighted by atomic mass is 10.1. The van der Waals surface area contributed by atoms with Crippen molar-refractivity contribution in [2.75, 3.05) is 32.8 Å². The summed E-state index contributed by atoms with van der Waals surface area (Å²) in [5.74, 6) is 1.35. The van der Waals surface area contributed by atoms with Crippen molar-refractivity contribution in [3.8, 4) is 0 Å². The van der Waals surface area contributed by atoms with Crippen LogP contribution >= 0.6 is 0 Å². The third-order valence-electron chi connectivity index (χ3n) is 4.57. The van der Waals surface area contributed by atoms with Crippen LogP contribution < -0.4 is 10.9 Å². The number of aryl methyl sites for hydroxylation is 2. The topological polar surface area (TPSA) is 89.6 Å². The van der Waals surface area contributed by atoms with Crippen LogP contribution in [-0.4, -0.2) is 53.4 Å². The molecule has 8 heteroatoms. The van der Waals surface area contributed by atoms with E-state index < -0.39 is 0 Å². The molecule has 0 spiro atoms. The number of hydrogen-bond acceptors (Lipinski definition) is 6. The average molecular weight is 374 g/mol. The van der Waals surface area contributed by atoms with Gasteiger partial charge < -0.3 is 14.5 Å². The number of carbonyl (C=O) groups is 1. The summed E-state index contributed by atoms with van der Waals surface area (Å²) in [5, 5.41) is 7.10. The summed E-state index contributed by atoms with van der Waals surface area (Å²) < 4.78 is 12.6. The fourth-order valence-electron chi connectivity index (χ4n) is 3.15. The monoisotopic (exact) mass is 374 g/mol. The largest absolute Gasteiger partial charge is 0.465 e. The first-order valence-corrected chi connectivity index (χ1v) is 9.33. The minimum Gasteiger partial charge on any atom is -0.465 e. The van der Waals surface area contributed by atoms with Crippen LogP contribution in [0.4, 0.5) is 0 Å². The van der Waals surface area contributed by atoms with E-state index in [1.807, 2.05) is 26.0 Å². The molecule has 0 saturated carbocycles. The summed E-state index contributed by atoms with van der Waals surface area (Å²) in [6.07, 6.45) is 0.773. The van der Waals surface area contributed by atoms with Crippen molar-refractivity contribution >= 4 is 5.91 Å². The third-order valence-corrected chi connectivity index (χ3v) is 4.57. The van der Waals surface area contributed by atoms with Crippen LogP contribution in [0.25, 0.3) is 0 Å². The van der Waals surface area contributed by atoms with Crippen molar-refractivity contribution in [2.45, 2.75) is 32.9 Å². The maximum atomic E-state index is 12.6. The Morgan fingerprint density at radius 1 is 1.26 bits per heavy atom.